The average molecular weight is 389 g/mol. The van der Waals surface area contributed by atoms with Crippen LogP contribution in [0.1, 0.15) is 42.0 Å². The fourth-order valence-corrected chi connectivity index (χ4v) is 4.18. The van der Waals surface area contributed by atoms with Crippen LogP contribution >= 0.6 is 0 Å². The summed E-state index contributed by atoms with van der Waals surface area (Å²) in [6, 6.07) is 20.8. The van der Waals surface area contributed by atoms with Crippen molar-refractivity contribution in [1.29, 1.82) is 0 Å². The molecule has 29 heavy (non-hydrogen) atoms. The van der Waals surface area contributed by atoms with Gasteiger partial charge < -0.3 is 10.2 Å². The van der Waals surface area contributed by atoms with E-state index in [2.05, 4.69) is 66.5 Å². The molecule has 0 aliphatic carbocycles. The van der Waals surface area contributed by atoms with Crippen LogP contribution < -0.4 is 10.2 Å². The molecule has 0 radical (unpaired) electrons. The van der Waals surface area contributed by atoms with Crippen molar-refractivity contribution in [2.45, 2.75) is 46.1 Å². The van der Waals surface area contributed by atoms with Gasteiger partial charge >= 0.3 is 0 Å². The minimum atomic E-state index is -0.118. The first kappa shape index (κ1) is 19.5. The fourth-order valence-electron chi connectivity index (χ4n) is 4.18. The molecule has 0 atom stereocenters. The number of halogens is 1. The van der Waals surface area contributed by atoms with Gasteiger partial charge in [-0.15, -0.1) is 0 Å². The summed E-state index contributed by atoms with van der Waals surface area (Å²) in [6.45, 7) is 5.97. The van der Waals surface area contributed by atoms with E-state index in [0.717, 1.165) is 37.1 Å². The third-order valence-corrected chi connectivity index (χ3v) is 5.74. The Hall–Kier alpha value is -2.81. The van der Waals surface area contributed by atoms with Crippen molar-refractivity contribution >= 4 is 17.1 Å². The van der Waals surface area contributed by atoms with E-state index in [1.807, 2.05) is 12.1 Å². The first-order chi connectivity index (χ1) is 14.2. The molecule has 0 saturated carbocycles. The third kappa shape index (κ3) is 4.29. The molecule has 0 unspecified atom stereocenters. The minimum Gasteiger partial charge on any atom is -0.381 e. The highest BCUT2D eigenvalue weighted by atomic mass is 19.1. The normalized spacial score (nSPS) is 13.3. The second kappa shape index (κ2) is 8.69. The van der Waals surface area contributed by atoms with Crippen LogP contribution in [0.5, 0.6) is 0 Å². The van der Waals surface area contributed by atoms with Crippen molar-refractivity contribution in [3.05, 3.63) is 88.7 Å². The van der Waals surface area contributed by atoms with Crippen LogP contribution in [0.15, 0.2) is 60.7 Å². The zero-order valence-electron chi connectivity index (χ0n) is 17.3. The topological polar surface area (TPSA) is 15.3 Å². The van der Waals surface area contributed by atoms with E-state index in [9.17, 15) is 4.39 Å². The molecule has 0 aromatic heterocycles. The van der Waals surface area contributed by atoms with E-state index >= 15 is 0 Å². The molecule has 3 aromatic carbocycles. The second-order valence-electron chi connectivity index (χ2n) is 7.91. The number of benzene rings is 3. The maximum Gasteiger partial charge on any atom is 0.128 e. The first-order valence-electron chi connectivity index (χ1n) is 10.6. The van der Waals surface area contributed by atoms with Crippen LogP contribution in [-0.2, 0) is 19.4 Å². The smallest absolute Gasteiger partial charge is 0.128 e. The number of nitrogens with zero attached hydrogens (tertiary/aromatic N) is 1. The lowest BCUT2D eigenvalue weighted by Gasteiger charge is -2.33. The maximum absolute atomic E-state index is 14.2. The molecule has 4 rings (SSSR count). The minimum absolute atomic E-state index is 0.118. The molecule has 0 spiro atoms. The Labute approximate surface area is 173 Å². The van der Waals surface area contributed by atoms with Gasteiger partial charge in [0.05, 0.1) is 0 Å². The van der Waals surface area contributed by atoms with Crippen molar-refractivity contribution in [3.8, 4) is 0 Å². The highest BCUT2D eigenvalue weighted by Crippen LogP contribution is 2.35. The van der Waals surface area contributed by atoms with Gasteiger partial charge in [0, 0.05) is 30.2 Å². The third-order valence-electron chi connectivity index (χ3n) is 5.74. The van der Waals surface area contributed by atoms with Crippen LogP contribution in [0.4, 0.5) is 21.5 Å². The van der Waals surface area contributed by atoms with Crippen LogP contribution in [0.2, 0.25) is 0 Å². The molecule has 0 fully saturated rings. The molecule has 3 aromatic rings. The van der Waals surface area contributed by atoms with Crippen molar-refractivity contribution in [2.75, 3.05) is 16.8 Å². The molecule has 0 bridgehead atoms. The predicted molar refractivity (Wildman–Crippen MR) is 121 cm³/mol. The molecule has 1 heterocycles. The molecular weight excluding hydrogens is 359 g/mol. The lowest BCUT2D eigenvalue weighted by Crippen LogP contribution is -2.25. The number of rotatable bonds is 6. The van der Waals surface area contributed by atoms with Gasteiger partial charge in [0.25, 0.3) is 0 Å². The van der Waals surface area contributed by atoms with Crippen molar-refractivity contribution in [2.24, 2.45) is 0 Å². The standard InChI is InChI=1S/C26H29FN2/c1-3-7-21-13-14-23(17-24(21)27)28-18-20-11-12-22-9-6-15-29(26(22)16-20)25-10-5-4-8-19(25)2/h4-5,8,10-14,16-17,28H,3,6-7,9,15,18H2,1-2H3. The molecule has 0 saturated heterocycles. The Morgan fingerprint density at radius 1 is 1.00 bits per heavy atom. The van der Waals surface area contributed by atoms with E-state index in [1.165, 1.54) is 34.5 Å². The number of anilines is 3. The SMILES string of the molecule is CCCc1ccc(NCc2ccc3c(c2)N(c2ccccc2C)CCC3)cc1F. The highest BCUT2D eigenvalue weighted by molar-refractivity contribution is 5.70. The van der Waals surface area contributed by atoms with Crippen molar-refractivity contribution < 1.29 is 4.39 Å². The number of para-hydroxylation sites is 1. The highest BCUT2D eigenvalue weighted by Gasteiger charge is 2.19. The van der Waals surface area contributed by atoms with Gasteiger partial charge in [-0.25, -0.2) is 4.39 Å². The number of fused-ring (bicyclic) bond motifs is 1. The quantitative estimate of drug-likeness (QED) is 0.500. The summed E-state index contributed by atoms with van der Waals surface area (Å²) in [5.41, 5.74) is 8.12. The van der Waals surface area contributed by atoms with Gasteiger partial charge in [-0.05, 0) is 72.7 Å². The summed E-state index contributed by atoms with van der Waals surface area (Å²) in [7, 11) is 0. The second-order valence-corrected chi connectivity index (χ2v) is 7.91. The molecule has 1 N–H and O–H groups in total. The van der Waals surface area contributed by atoms with Crippen molar-refractivity contribution in [3.63, 3.8) is 0 Å². The summed E-state index contributed by atoms with van der Waals surface area (Å²) in [5.74, 6) is -0.118. The lowest BCUT2D eigenvalue weighted by molar-refractivity contribution is 0.608. The summed E-state index contributed by atoms with van der Waals surface area (Å²) in [5, 5.41) is 3.39. The fraction of sp³-hybridized carbons (Fsp3) is 0.308. The molecule has 3 heteroatoms. The van der Waals surface area contributed by atoms with E-state index < -0.39 is 0 Å². The zero-order valence-corrected chi connectivity index (χ0v) is 17.3. The maximum atomic E-state index is 14.2. The molecule has 0 amide bonds. The summed E-state index contributed by atoms with van der Waals surface area (Å²) < 4.78 is 14.2. The first-order valence-corrected chi connectivity index (χ1v) is 10.6. The Balaban J connectivity index is 1.54. The molecule has 1 aliphatic rings. The van der Waals surface area contributed by atoms with E-state index in [1.54, 1.807) is 6.07 Å². The molecule has 2 nitrogen and oxygen atoms in total. The van der Waals surface area contributed by atoms with Crippen LogP contribution in [0.3, 0.4) is 0 Å². The van der Waals surface area contributed by atoms with Gasteiger partial charge in [-0.2, -0.15) is 0 Å². The Bertz CT molecular complexity index is 996. The summed E-state index contributed by atoms with van der Waals surface area (Å²) in [4.78, 5) is 2.44. The number of aryl methyl sites for hydroxylation is 3. The zero-order chi connectivity index (χ0) is 20.2. The van der Waals surface area contributed by atoms with Gasteiger partial charge in [0.2, 0.25) is 0 Å². The van der Waals surface area contributed by atoms with E-state index in [0.29, 0.717) is 6.54 Å². The largest absolute Gasteiger partial charge is 0.381 e. The number of hydrogen-bond acceptors (Lipinski definition) is 2. The van der Waals surface area contributed by atoms with Crippen LogP contribution in [0.25, 0.3) is 0 Å². The Kier molecular flexibility index (Phi) is 5.84. The van der Waals surface area contributed by atoms with Crippen molar-refractivity contribution in [1.82, 2.24) is 0 Å². The summed E-state index contributed by atoms with van der Waals surface area (Å²) >= 11 is 0. The van der Waals surface area contributed by atoms with E-state index in [4.69, 9.17) is 0 Å². The molecular formula is C26H29FN2. The predicted octanol–water partition coefficient (Wildman–Crippen LogP) is 6.78. The molecule has 1 aliphatic heterocycles. The number of hydrogen-bond donors (Lipinski definition) is 1. The van der Waals surface area contributed by atoms with Crippen LogP contribution in [0, 0.1) is 12.7 Å². The average Bonchev–Trinajstić information content (AvgIpc) is 2.74. The lowest BCUT2D eigenvalue weighted by atomic mass is 9.98. The van der Waals surface area contributed by atoms with Gasteiger partial charge in [-0.3, -0.25) is 0 Å². The Morgan fingerprint density at radius 3 is 2.66 bits per heavy atom. The van der Waals surface area contributed by atoms with Gasteiger partial charge in [-0.1, -0.05) is 49.7 Å². The summed E-state index contributed by atoms with van der Waals surface area (Å²) in [6.07, 6.45) is 4.03. The Morgan fingerprint density at radius 2 is 1.86 bits per heavy atom. The van der Waals surface area contributed by atoms with Gasteiger partial charge in [0.1, 0.15) is 5.82 Å². The van der Waals surface area contributed by atoms with Crippen LogP contribution in [-0.4, -0.2) is 6.54 Å². The van der Waals surface area contributed by atoms with Gasteiger partial charge in [0.15, 0.2) is 0 Å². The molecule has 150 valence electrons. The monoisotopic (exact) mass is 388 g/mol. The van der Waals surface area contributed by atoms with E-state index in [-0.39, 0.29) is 5.82 Å². The number of nitrogens with one attached hydrogen (secondary N) is 1.